The molecule has 1 rings (SSSR count). The molecule has 1 aliphatic carbocycles. The van der Waals surface area contributed by atoms with Crippen LogP contribution in [0.2, 0.25) is 0 Å². The van der Waals surface area contributed by atoms with Crippen LogP contribution in [0, 0.1) is 0 Å². The van der Waals surface area contributed by atoms with Crippen molar-refractivity contribution < 1.29 is 9.53 Å². The largest absolute Gasteiger partial charge is 0.381 e. The summed E-state index contributed by atoms with van der Waals surface area (Å²) in [6.45, 7) is 4.87. The van der Waals surface area contributed by atoms with E-state index in [1.54, 1.807) is 7.11 Å². The first-order chi connectivity index (χ1) is 7.65. The molecule has 0 aromatic rings. The van der Waals surface area contributed by atoms with Gasteiger partial charge < -0.3 is 15.4 Å². The second-order valence-corrected chi connectivity index (χ2v) is 4.61. The highest BCUT2D eigenvalue weighted by molar-refractivity contribution is 5.76. The van der Waals surface area contributed by atoms with Crippen molar-refractivity contribution in [1.82, 2.24) is 10.6 Å². The van der Waals surface area contributed by atoms with Gasteiger partial charge in [-0.05, 0) is 26.2 Å². The van der Waals surface area contributed by atoms with Gasteiger partial charge in [0.2, 0.25) is 5.91 Å². The Hall–Kier alpha value is -0.610. The van der Waals surface area contributed by atoms with Crippen LogP contribution in [0.4, 0.5) is 0 Å². The van der Waals surface area contributed by atoms with E-state index in [-0.39, 0.29) is 11.9 Å². The molecule has 1 amide bonds. The van der Waals surface area contributed by atoms with Gasteiger partial charge >= 0.3 is 0 Å². The molecule has 94 valence electrons. The summed E-state index contributed by atoms with van der Waals surface area (Å²) < 4.78 is 5.19. The van der Waals surface area contributed by atoms with Crippen molar-refractivity contribution in [3.63, 3.8) is 0 Å². The molecular formula is C12H24N2O2. The fraction of sp³-hybridized carbons (Fsp3) is 0.917. The van der Waals surface area contributed by atoms with Crippen molar-refractivity contribution in [2.45, 2.75) is 57.7 Å². The Labute approximate surface area is 98.1 Å². The van der Waals surface area contributed by atoms with E-state index < -0.39 is 0 Å². The van der Waals surface area contributed by atoms with E-state index >= 15 is 0 Å². The highest BCUT2D eigenvalue weighted by atomic mass is 16.5. The van der Waals surface area contributed by atoms with Crippen LogP contribution in [0.5, 0.6) is 0 Å². The predicted molar refractivity (Wildman–Crippen MR) is 64.3 cm³/mol. The third-order valence-electron chi connectivity index (χ3n) is 3.23. The summed E-state index contributed by atoms with van der Waals surface area (Å²) in [5.74, 6) is 0.143. The van der Waals surface area contributed by atoms with E-state index in [9.17, 15) is 4.79 Å². The zero-order valence-electron chi connectivity index (χ0n) is 10.6. The molecule has 1 atom stereocenters. The Bertz CT molecular complexity index is 215. The average Bonchev–Trinajstić information content (AvgIpc) is 2.21. The van der Waals surface area contributed by atoms with Gasteiger partial charge in [-0.25, -0.2) is 0 Å². The minimum absolute atomic E-state index is 0.143. The van der Waals surface area contributed by atoms with Crippen molar-refractivity contribution in [2.75, 3.05) is 13.7 Å². The van der Waals surface area contributed by atoms with E-state index in [0.717, 1.165) is 25.8 Å². The summed E-state index contributed by atoms with van der Waals surface area (Å²) in [7, 11) is 1.75. The van der Waals surface area contributed by atoms with E-state index in [2.05, 4.69) is 17.6 Å². The fourth-order valence-corrected chi connectivity index (χ4v) is 1.76. The maximum absolute atomic E-state index is 11.4. The number of nitrogens with one attached hydrogen (secondary N) is 2. The number of hydrogen-bond donors (Lipinski definition) is 2. The van der Waals surface area contributed by atoms with Gasteiger partial charge in [0.1, 0.15) is 0 Å². The number of carbonyl (C=O) groups is 1. The third kappa shape index (κ3) is 4.49. The van der Waals surface area contributed by atoms with Gasteiger partial charge in [-0.2, -0.15) is 0 Å². The van der Waals surface area contributed by atoms with E-state index in [1.807, 2.05) is 6.92 Å². The normalized spacial score (nSPS) is 25.9. The lowest BCUT2D eigenvalue weighted by Crippen LogP contribution is -2.46. The molecule has 0 heterocycles. The number of methoxy groups -OCH3 is 1. The summed E-state index contributed by atoms with van der Waals surface area (Å²) in [4.78, 5) is 11.4. The zero-order chi connectivity index (χ0) is 12.0. The molecule has 4 nitrogen and oxygen atoms in total. The molecule has 1 unspecified atom stereocenters. The van der Waals surface area contributed by atoms with Gasteiger partial charge in [0.15, 0.2) is 0 Å². The van der Waals surface area contributed by atoms with Crippen molar-refractivity contribution in [1.29, 1.82) is 0 Å². The number of carbonyl (C=O) groups excluding carboxylic acids is 1. The summed E-state index contributed by atoms with van der Waals surface area (Å²) in [6.07, 6.45) is 4.12. The number of rotatable bonds is 7. The van der Waals surface area contributed by atoms with Crippen LogP contribution in [0.15, 0.2) is 0 Å². The van der Waals surface area contributed by atoms with E-state index in [1.165, 1.54) is 0 Å². The number of amides is 1. The molecule has 0 bridgehead atoms. The average molecular weight is 228 g/mol. The van der Waals surface area contributed by atoms with Crippen molar-refractivity contribution in [2.24, 2.45) is 0 Å². The molecule has 2 N–H and O–H groups in total. The molecule has 0 spiro atoms. The van der Waals surface area contributed by atoms with Gasteiger partial charge in [-0.3, -0.25) is 4.79 Å². The van der Waals surface area contributed by atoms with Crippen LogP contribution >= 0.6 is 0 Å². The predicted octanol–water partition coefficient (Wildman–Crippen LogP) is 1.06. The molecular weight excluding hydrogens is 204 g/mol. The van der Waals surface area contributed by atoms with Gasteiger partial charge in [0, 0.05) is 32.2 Å². The Morgan fingerprint density at radius 3 is 2.75 bits per heavy atom. The first kappa shape index (κ1) is 13.5. The minimum Gasteiger partial charge on any atom is -0.381 e. The molecule has 0 radical (unpaired) electrons. The summed E-state index contributed by atoms with van der Waals surface area (Å²) in [6, 6.07) is 0.829. The van der Waals surface area contributed by atoms with Crippen LogP contribution in [0.3, 0.4) is 0 Å². The van der Waals surface area contributed by atoms with Gasteiger partial charge in [0.05, 0.1) is 6.10 Å². The van der Waals surface area contributed by atoms with Gasteiger partial charge in [-0.1, -0.05) is 6.92 Å². The van der Waals surface area contributed by atoms with Crippen LogP contribution in [-0.2, 0) is 9.53 Å². The first-order valence-corrected chi connectivity index (χ1v) is 6.21. The lowest BCUT2D eigenvalue weighted by atomic mass is 9.89. The molecule has 0 aliphatic heterocycles. The lowest BCUT2D eigenvalue weighted by molar-refractivity contribution is -0.121. The van der Waals surface area contributed by atoms with Crippen LogP contribution in [-0.4, -0.2) is 37.7 Å². The highest BCUT2D eigenvalue weighted by Gasteiger charge is 2.28. The molecule has 4 heteroatoms. The van der Waals surface area contributed by atoms with E-state index in [0.29, 0.717) is 18.6 Å². The monoisotopic (exact) mass is 228 g/mol. The number of hydrogen-bond acceptors (Lipinski definition) is 3. The maximum Gasteiger partial charge on any atom is 0.221 e. The topological polar surface area (TPSA) is 50.4 Å². The highest BCUT2D eigenvalue weighted by Crippen LogP contribution is 2.22. The zero-order valence-corrected chi connectivity index (χ0v) is 10.6. The molecule has 1 aliphatic rings. The lowest BCUT2D eigenvalue weighted by Gasteiger charge is -2.34. The standard InChI is InChI=1S/C12H24N2O2/c1-4-9(2)14-12(15)5-6-13-10-7-11(8-10)16-3/h9-11,13H,4-8H2,1-3H3,(H,14,15). The van der Waals surface area contributed by atoms with Gasteiger partial charge in [-0.15, -0.1) is 0 Å². The smallest absolute Gasteiger partial charge is 0.221 e. The quantitative estimate of drug-likeness (QED) is 0.685. The second kappa shape index (κ2) is 6.86. The number of ether oxygens (including phenoxy) is 1. The summed E-state index contributed by atoms with van der Waals surface area (Å²) in [5, 5.41) is 6.32. The van der Waals surface area contributed by atoms with Crippen molar-refractivity contribution in [3.8, 4) is 0 Å². The molecule has 0 aromatic heterocycles. The molecule has 16 heavy (non-hydrogen) atoms. The minimum atomic E-state index is 0.143. The first-order valence-electron chi connectivity index (χ1n) is 6.21. The fourth-order valence-electron chi connectivity index (χ4n) is 1.76. The van der Waals surface area contributed by atoms with Gasteiger partial charge in [0.25, 0.3) is 0 Å². The maximum atomic E-state index is 11.4. The van der Waals surface area contributed by atoms with Crippen LogP contribution in [0.1, 0.15) is 39.5 Å². The molecule has 0 saturated heterocycles. The Morgan fingerprint density at radius 1 is 1.50 bits per heavy atom. The van der Waals surface area contributed by atoms with Crippen molar-refractivity contribution in [3.05, 3.63) is 0 Å². The summed E-state index contributed by atoms with van der Waals surface area (Å²) >= 11 is 0. The Kier molecular flexibility index (Phi) is 5.77. The van der Waals surface area contributed by atoms with E-state index in [4.69, 9.17) is 4.74 Å². The third-order valence-corrected chi connectivity index (χ3v) is 3.23. The Morgan fingerprint density at radius 2 is 2.19 bits per heavy atom. The molecule has 1 fully saturated rings. The van der Waals surface area contributed by atoms with Crippen LogP contribution < -0.4 is 10.6 Å². The summed E-state index contributed by atoms with van der Waals surface area (Å²) in [5.41, 5.74) is 0. The SMILES string of the molecule is CCC(C)NC(=O)CCNC1CC(OC)C1. The van der Waals surface area contributed by atoms with Crippen LogP contribution in [0.25, 0.3) is 0 Å². The van der Waals surface area contributed by atoms with Crippen molar-refractivity contribution >= 4 is 5.91 Å². The molecule has 0 aromatic carbocycles. The second-order valence-electron chi connectivity index (χ2n) is 4.61. The molecule has 1 saturated carbocycles. The Balaban J connectivity index is 1.97.